The van der Waals surface area contributed by atoms with Crippen LogP contribution in [-0.4, -0.2) is 41.4 Å². The Kier molecular flexibility index (Phi) is 6.14. The number of aromatic nitrogens is 2. The SMILES string of the molecule is O=C1N[C@](Cc2ccccn2)(Cc2ccnc3ccccc23)C(=O)N1c1ccc(S(=O)(=O)C(F)(F)F)cc1. The number of para-hydroxylation sites is 1. The third-order valence-electron chi connectivity index (χ3n) is 6.31. The van der Waals surface area contributed by atoms with Crippen molar-refractivity contribution in [2.45, 2.75) is 28.8 Å². The number of carbonyl (C=O) groups is 2. The topological polar surface area (TPSA) is 109 Å². The molecule has 1 fully saturated rings. The van der Waals surface area contributed by atoms with Crippen LogP contribution in [0, 0.1) is 0 Å². The number of hydrogen-bond acceptors (Lipinski definition) is 6. The van der Waals surface area contributed by atoms with Gasteiger partial charge in [0.1, 0.15) is 5.54 Å². The average Bonchev–Trinajstić information content (AvgIpc) is 3.12. The van der Waals surface area contributed by atoms with E-state index >= 15 is 0 Å². The van der Waals surface area contributed by atoms with E-state index in [4.69, 9.17) is 0 Å². The van der Waals surface area contributed by atoms with Crippen molar-refractivity contribution in [3.63, 3.8) is 0 Å². The minimum Gasteiger partial charge on any atom is -0.322 e. The van der Waals surface area contributed by atoms with E-state index in [9.17, 15) is 31.2 Å². The Labute approximate surface area is 215 Å². The van der Waals surface area contributed by atoms with E-state index in [2.05, 4.69) is 15.3 Å². The number of fused-ring (bicyclic) bond motifs is 1. The monoisotopic (exact) mass is 540 g/mol. The Morgan fingerprint density at radius 2 is 1.55 bits per heavy atom. The van der Waals surface area contributed by atoms with Crippen molar-refractivity contribution in [2.24, 2.45) is 0 Å². The zero-order chi connectivity index (χ0) is 27.1. The van der Waals surface area contributed by atoms with Gasteiger partial charge in [0.2, 0.25) is 0 Å². The van der Waals surface area contributed by atoms with Gasteiger partial charge in [0.25, 0.3) is 15.7 Å². The molecule has 0 bridgehead atoms. The first-order valence-corrected chi connectivity index (χ1v) is 12.8. The van der Waals surface area contributed by atoms with Crippen LogP contribution in [-0.2, 0) is 27.5 Å². The fraction of sp³-hybridized carbons (Fsp3) is 0.154. The first kappa shape index (κ1) is 25.3. The number of urea groups is 1. The molecule has 194 valence electrons. The van der Waals surface area contributed by atoms with Gasteiger partial charge >= 0.3 is 11.5 Å². The molecule has 0 spiro atoms. The molecular weight excluding hydrogens is 521 g/mol. The quantitative estimate of drug-likeness (QED) is 0.367. The molecule has 38 heavy (non-hydrogen) atoms. The first-order valence-electron chi connectivity index (χ1n) is 11.3. The molecule has 12 heteroatoms. The lowest BCUT2D eigenvalue weighted by Crippen LogP contribution is -2.51. The van der Waals surface area contributed by atoms with E-state index < -0.39 is 37.7 Å². The molecule has 1 aliphatic rings. The van der Waals surface area contributed by atoms with E-state index in [1.807, 2.05) is 24.3 Å². The number of benzene rings is 2. The third kappa shape index (κ3) is 4.36. The molecule has 1 N–H and O–H groups in total. The zero-order valence-electron chi connectivity index (χ0n) is 19.5. The maximum atomic E-state index is 13.9. The lowest BCUT2D eigenvalue weighted by molar-refractivity contribution is -0.122. The zero-order valence-corrected chi connectivity index (χ0v) is 20.3. The molecule has 3 amide bonds. The number of halogens is 3. The van der Waals surface area contributed by atoms with Crippen LogP contribution >= 0.6 is 0 Å². The molecule has 2 aromatic heterocycles. The highest BCUT2D eigenvalue weighted by atomic mass is 32.2. The van der Waals surface area contributed by atoms with Gasteiger partial charge < -0.3 is 5.32 Å². The number of imide groups is 1. The molecule has 1 atom stereocenters. The van der Waals surface area contributed by atoms with Crippen LogP contribution in [0.1, 0.15) is 11.3 Å². The maximum absolute atomic E-state index is 13.9. The van der Waals surface area contributed by atoms with Crippen LogP contribution in [0.2, 0.25) is 0 Å². The second-order valence-electron chi connectivity index (χ2n) is 8.76. The summed E-state index contributed by atoms with van der Waals surface area (Å²) in [5, 5.41) is 3.56. The van der Waals surface area contributed by atoms with Crippen LogP contribution in [0.4, 0.5) is 23.7 Å². The third-order valence-corrected chi connectivity index (χ3v) is 7.81. The minimum absolute atomic E-state index is 0.0338. The molecule has 0 saturated carbocycles. The molecular formula is C26H19F3N4O4S. The summed E-state index contributed by atoms with van der Waals surface area (Å²) in [6.07, 6.45) is 3.27. The standard InChI is InChI=1S/C26H19F3N4O4S/c27-26(28,29)38(36,37)20-10-8-19(9-11-20)33-23(34)25(32-24(33)35,16-18-5-3-4-13-30-18)15-17-12-14-31-22-7-2-1-6-21(17)22/h1-14H,15-16H2,(H,32,35)/t25-/m0/s1. The summed E-state index contributed by atoms with van der Waals surface area (Å²) >= 11 is 0. The highest BCUT2D eigenvalue weighted by Gasteiger charge is 2.52. The van der Waals surface area contributed by atoms with Gasteiger partial charge in [-0.15, -0.1) is 0 Å². The van der Waals surface area contributed by atoms with E-state index in [0.717, 1.165) is 28.0 Å². The summed E-state index contributed by atoms with van der Waals surface area (Å²) in [5.41, 5.74) is -5.06. The average molecular weight is 541 g/mol. The summed E-state index contributed by atoms with van der Waals surface area (Å²) in [4.78, 5) is 35.5. The van der Waals surface area contributed by atoms with Gasteiger partial charge in [-0.25, -0.2) is 18.1 Å². The molecule has 0 aliphatic carbocycles. The van der Waals surface area contributed by atoms with Crippen LogP contribution in [0.5, 0.6) is 0 Å². The Hall–Kier alpha value is -4.32. The lowest BCUT2D eigenvalue weighted by Gasteiger charge is -2.27. The van der Waals surface area contributed by atoms with Gasteiger partial charge in [-0.2, -0.15) is 13.2 Å². The second kappa shape index (κ2) is 9.21. The summed E-state index contributed by atoms with van der Waals surface area (Å²) in [6, 6.07) is 16.9. The highest BCUT2D eigenvalue weighted by molar-refractivity contribution is 7.92. The molecule has 1 aliphatic heterocycles. The smallest absolute Gasteiger partial charge is 0.322 e. The van der Waals surface area contributed by atoms with Crippen molar-refractivity contribution in [1.82, 2.24) is 15.3 Å². The van der Waals surface area contributed by atoms with Crippen LogP contribution in [0.3, 0.4) is 0 Å². The van der Waals surface area contributed by atoms with Crippen molar-refractivity contribution < 1.29 is 31.2 Å². The predicted octanol–water partition coefficient (Wildman–Crippen LogP) is 4.20. The number of amides is 3. The molecule has 4 aromatic rings. The molecule has 8 nitrogen and oxygen atoms in total. The number of carbonyl (C=O) groups excluding carboxylic acids is 2. The van der Waals surface area contributed by atoms with Crippen molar-refractivity contribution in [1.29, 1.82) is 0 Å². The Bertz CT molecular complexity index is 1640. The number of nitrogens with one attached hydrogen (secondary N) is 1. The summed E-state index contributed by atoms with van der Waals surface area (Å²) < 4.78 is 62.3. The van der Waals surface area contributed by atoms with Gasteiger partial charge in [-0.1, -0.05) is 24.3 Å². The summed E-state index contributed by atoms with van der Waals surface area (Å²) in [7, 11) is -5.59. The highest BCUT2D eigenvalue weighted by Crippen LogP contribution is 2.34. The van der Waals surface area contributed by atoms with E-state index in [0.29, 0.717) is 23.3 Å². The van der Waals surface area contributed by atoms with Gasteiger partial charge in [-0.05, 0) is 54.1 Å². The number of nitrogens with zero attached hydrogens (tertiary/aromatic N) is 3. The molecule has 3 heterocycles. The van der Waals surface area contributed by atoms with Gasteiger partial charge in [0, 0.05) is 36.3 Å². The van der Waals surface area contributed by atoms with Gasteiger partial charge in [0.05, 0.1) is 16.1 Å². The van der Waals surface area contributed by atoms with Crippen molar-refractivity contribution in [2.75, 3.05) is 4.90 Å². The Balaban J connectivity index is 1.55. The molecule has 5 rings (SSSR count). The fourth-order valence-corrected chi connectivity index (χ4v) is 5.27. The predicted molar refractivity (Wildman–Crippen MR) is 132 cm³/mol. The van der Waals surface area contributed by atoms with E-state index in [-0.39, 0.29) is 18.5 Å². The van der Waals surface area contributed by atoms with Crippen LogP contribution < -0.4 is 10.2 Å². The maximum Gasteiger partial charge on any atom is 0.501 e. The molecule has 0 radical (unpaired) electrons. The first-order chi connectivity index (χ1) is 18.0. The number of anilines is 1. The number of sulfone groups is 1. The van der Waals surface area contributed by atoms with Gasteiger partial charge in [-0.3, -0.25) is 14.8 Å². The summed E-state index contributed by atoms with van der Waals surface area (Å²) in [6.45, 7) is 0. The minimum atomic E-state index is -5.59. The van der Waals surface area contributed by atoms with Gasteiger partial charge in [0.15, 0.2) is 0 Å². The van der Waals surface area contributed by atoms with E-state index in [1.165, 1.54) is 0 Å². The van der Waals surface area contributed by atoms with Crippen molar-refractivity contribution in [3.05, 3.63) is 96.4 Å². The molecule has 0 unspecified atom stereocenters. The second-order valence-corrected chi connectivity index (χ2v) is 10.7. The van der Waals surface area contributed by atoms with Crippen LogP contribution in [0.15, 0.2) is 90.1 Å². The Morgan fingerprint density at radius 1 is 0.842 bits per heavy atom. The number of alkyl halides is 3. The van der Waals surface area contributed by atoms with Crippen LogP contribution in [0.25, 0.3) is 10.9 Å². The lowest BCUT2D eigenvalue weighted by atomic mass is 9.85. The molecule has 2 aromatic carbocycles. The summed E-state index contributed by atoms with van der Waals surface area (Å²) in [5.74, 6) is -0.652. The van der Waals surface area contributed by atoms with Crippen molar-refractivity contribution >= 4 is 38.4 Å². The molecule has 1 saturated heterocycles. The van der Waals surface area contributed by atoms with Crippen molar-refractivity contribution in [3.8, 4) is 0 Å². The number of pyridine rings is 2. The number of rotatable bonds is 6. The normalized spacial score (nSPS) is 18.1. The fourth-order valence-electron chi connectivity index (χ4n) is 4.51. The Morgan fingerprint density at radius 3 is 2.24 bits per heavy atom. The number of hydrogen-bond donors (Lipinski definition) is 1. The van der Waals surface area contributed by atoms with E-state index in [1.54, 1.807) is 36.7 Å². The largest absolute Gasteiger partial charge is 0.501 e.